The van der Waals surface area contributed by atoms with Gasteiger partial charge in [0.25, 0.3) is 0 Å². The fourth-order valence-electron chi connectivity index (χ4n) is 2.18. The standard InChI is InChI=1S/C19H27NO.C2H4/c1-4-17(5-2)9-7-15-20-19(21)10-6-8-18-13-11-16(3)12-14-18;1-2/h4-5,11-14H,1,6-10,15H2,2-3H3,(H,20,21);1-2H2/b17-5+;. The van der Waals surface area contributed by atoms with Gasteiger partial charge in [-0.3, -0.25) is 4.79 Å². The lowest BCUT2D eigenvalue weighted by Gasteiger charge is -2.06. The molecule has 0 radical (unpaired) electrons. The van der Waals surface area contributed by atoms with E-state index in [4.69, 9.17) is 0 Å². The van der Waals surface area contributed by atoms with E-state index in [-0.39, 0.29) is 5.91 Å². The average molecular weight is 313 g/mol. The topological polar surface area (TPSA) is 29.1 Å². The second-order valence-electron chi connectivity index (χ2n) is 5.36. The van der Waals surface area contributed by atoms with Gasteiger partial charge in [-0.05, 0) is 45.1 Å². The summed E-state index contributed by atoms with van der Waals surface area (Å²) in [5.74, 6) is 0.155. The molecule has 0 saturated heterocycles. The monoisotopic (exact) mass is 313 g/mol. The Labute approximate surface area is 142 Å². The molecule has 0 aromatic heterocycles. The van der Waals surface area contributed by atoms with Crippen molar-refractivity contribution in [3.63, 3.8) is 0 Å². The van der Waals surface area contributed by atoms with Gasteiger partial charge in [0.1, 0.15) is 0 Å². The summed E-state index contributed by atoms with van der Waals surface area (Å²) < 4.78 is 0. The molecule has 1 rings (SSSR count). The minimum absolute atomic E-state index is 0.155. The van der Waals surface area contributed by atoms with Gasteiger partial charge in [0, 0.05) is 13.0 Å². The van der Waals surface area contributed by atoms with Gasteiger partial charge in [-0.15, -0.1) is 13.2 Å². The molecule has 0 atom stereocenters. The SMILES string of the molecule is C=C.C=C/C(=C\C)CCCNC(=O)CCCc1ccc(C)cc1. The number of carbonyl (C=O) groups is 1. The number of amides is 1. The van der Waals surface area contributed by atoms with E-state index in [0.29, 0.717) is 6.42 Å². The van der Waals surface area contributed by atoms with E-state index in [2.05, 4.69) is 62.3 Å². The molecule has 0 aliphatic heterocycles. The summed E-state index contributed by atoms with van der Waals surface area (Å²) in [6.07, 6.45) is 8.36. The molecule has 0 spiro atoms. The van der Waals surface area contributed by atoms with Crippen LogP contribution in [0.1, 0.15) is 43.7 Å². The number of aryl methyl sites for hydroxylation is 2. The molecule has 0 unspecified atom stereocenters. The maximum absolute atomic E-state index is 11.7. The Morgan fingerprint density at radius 2 is 1.78 bits per heavy atom. The van der Waals surface area contributed by atoms with Crippen LogP contribution in [0, 0.1) is 6.92 Å². The quantitative estimate of drug-likeness (QED) is 0.381. The number of nitrogens with one attached hydrogen (secondary N) is 1. The zero-order valence-corrected chi connectivity index (χ0v) is 14.7. The number of carbonyl (C=O) groups excluding carboxylic acids is 1. The summed E-state index contributed by atoms with van der Waals surface area (Å²) in [4.78, 5) is 11.7. The van der Waals surface area contributed by atoms with Gasteiger partial charge in [0.05, 0.1) is 0 Å². The Kier molecular flexibility index (Phi) is 12.3. The van der Waals surface area contributed by atoms with Gasteiger partial charge in [0.2, 0.25) is 5.91 Å². The summed E-state index contributed by atoms with van der Waals surface area (Å²) in [6, 6.07) is 8.52. The zero-order valence-electron chi connectivity index (χ0n) is 14.7. The highest BCUT2D eigenvalue weighted by molar-refractivity contribution is 5.75. The number of rotatable bonds is 9. The Morgan fingerprint density at radius 3 is 2.35 bits per heavy atom. The van der Waals surface area contributed by atoms with Crippen LogP contribution in [0.15, 0.2) is 61.7 Å². The van der Waals surface area contributed by atoms with E-state index in [1.807, 2.05) is 13.0 Å². The number of benzene rings is 1. The highest BCUT2D eigenvalue weighted by Gasteiger charge is 2.01. The Morgan fingerprint density at radius 1 is 1.13 bits per heavy atom. The van der Waals surface area contributed by atoms with E-state index in [1.54, 1.807) is 0 Å². The molecule has 0 fully saturated rings. The predicted molar refractivity (Wildman–Crippen MR) is 102 cm³/mol. The van der Waals surface area contributed by atoms with Gasteiger partial charge in [0.15, 0.2) is 0 Å². The van der Waals surface area contributed by atoms with Crippen molar-refractivity contribution >= 4 is 5.91 Å². The molecule has 1 aromatic carbocycles. The van der Waals surface area contributed by atoms with Crippen LogP contribution in [-0.4, -0.2) is 12.5 Å². The molecule has 0 aliphatic rings. The fourth-order valence-corrected chi connectivity index (χ4v) is 2.18. The van der Waals surface area contributed by atoms with Crippen LogP contribution in [0.25, 0.3) is 0 Å². The number of hydrogen-bond acceptors (Lipinski definition) is 1. The molecule has 1 aromatic rings. The lowest BCUT2D eigenvalue weighted by atomic mass is 10.1. The van der Waals surface area contributed by atoms with Crippen molar-refractivity contribution in [2.24, 2.45) is 0 Å². The maximum atomic E-state index is 11.7. The molecular weight excluding hydrogens is 282 g/mol. The van der Waals surface area contributed by atoms with Gasteiger partial charge >= 0.3 is 0 Å². The van der Waals surface area contributed by atoms with Crippen LogP contribution < -0.4 is 5.32 Å². The zero-order chi connectivity index (χ0) is 17.5. The highest BCUT2D eigenvalue weighted by Crippen LogP contribution is 2.07. The lowest BCUT2D eigenvalue weighted by Crippen LogP contribution is -2.24. The Balaban J connectivity index is 0.00000232. The minimum atomic E-state index is 0.155. The highest BCUT2D eigenvalue weighted by atomic mass is 16.1. The first-order chi connectivity index (χ1) is 11.2. The van der Waals surface area contributed by atoms with Gasteiger partial charge in [-0.1, -0.05) is 54.1 Å². The molecule has 2 nitrogen and oxygen atoms in total. The van der Waals surface area contributed by atoms with E-state index in [9.17, 15) is 4.79 Å². The molecule has 23 heavy (non-hydrogen) atoms. The van der Waals surface area contributed by atoms with Crippen molar-refractivity contribution in [1.29, 1.82) is 0 Å². The predicted octanol–water partition coefficient (Wildman–Crippen LogP) is 5.15. The molecule has 1 N–H and O–H groups in total. The van der Waals surface area contributed by atoms with Crippen LogP contribution in [0.5, 0.6) is 0 Å². The van der Waals surface area contributed by atoms with Crippen molar-refractivity contribution in [3.8, 4) is 0 Å². The molecule has 0 bridgehead atoms. The Bertz CT molecular complexity index is 485. The van der Waals surface area contributed by atoms with Crippen LogP contribution in [0.2, 0.25) is 0 Å². The second-order valence-corrected chi connectivity index (χ2v) is 5.36. The third kappa shape index (κ3) is 10.3. The first kappa shape index (κ1) is 20.9. The Hall–Kier alpha value is -2.09. The second kappa shape index (κ2) is 13.6. The molecule has 2 heteroatoms. The van der Waals surface area contributed by atoms with Crippen molar-refractivity contribution < 1.29 is 4.79 Å². The lowest BCUT2D eigenvalue weighted by molar-refractivity contribution is -0.121. The molecular formula is C21H31NO. The smallest absolute Gasteiger partial charge is 0.220 e. The number of allylic oxidation sites excluding steroid dienone is 3. The van der Waals surface area contributed by atoms with Crippen molar-refractivity contribution in [3.05, 3.63) is 72.9 Å². The normalized spacial score (nSPS) is 10.4. The van der Waals surface area contributed by atoms with Crippen molar-refractivity contribution in [2.45, 2.75) is 46.0 Å². The maximum Gasteiger partial charge on any atom is 0.220 e. The summed E-state index contributed by atoms with van der Waals surface area (Å²) in [5.41, 5.74) is 3.82. The summed E-state index contributed by atoms with van der Waals surface area (Å²) >= 11 is 0. The van der Waals surface area contributed by atoms with Gasteiger partial charge in [-0.2, -0.15) is 0 Å². The van der Waals surface area contributed by atoms with E-state index < -0.39 is 0 Å². The summed E-state index contributed by atoms with van der Waals surface area (Å²) in [5, 5.41) is 2.98. The molecule has 0 aliphatic carbocycles. The fraction of sp³-hybridized carbons (Fsp3) is 0.381. The van der Waals surface area contributed by atoms with Crippen LogP contribution in [0.4, 0.5) is 0 Å². The minimum Gasteiger partial charge on any atom is -0.356 e. The largest absolute Gasteiger partial charge is 0.356 e. The molecule has 0 saturated carbocycles. The van der Waals surface area contributed by atoms with Crippen LogP contribution >= 0.6 is 0 Å². The molecule has 126 valence electrons. The van der Waals surface area contributed by atoms with Gasteiger partial charge in [-0.25, -0.2) is 0 Å². The van der Waals surface area contributed by atoms with Gasteiger partial charge < -0.3 is 5.32 Å². The van der Waals surface area contributed by atoms with Crippen molar-refractivity contribution in [2.75, 3.05) is 6.54 Å². The van der Waals surface area contributed by atoms with Crippen molar-refractivity contribution in [1.82, 2.24) is 5.32 Å². The van der Waals surface area contributed by atoms with E-state index in [0.717, 1.165) is 32.2 Å². The third-order valence-electron chi connectivity index (χ3n) is 3.59. The summed E-state index contributed by atoms with van der Waals surface area (Å²) in [7, 11) is 0. The summed E-state index contributed by atoms with van der Waals surface area (Å²) in [6.45, 7) is 14.6. The van der Waals surface area contributed by atoms with Crippen LogP contribution in [0.3, 0.4) is 0 Å². The first-order valence-corrected chi connectivity index (χ1v) is 8.25. The van der Waals surface area contributed by atoms with Crippen LogP contribution in [-0.2, 0) is 11.2 Å². The number of hydrogen-bond donors (Lipinski definition) is 1. The first-order valence-electron chi connectivity index (χ1n) is 8.25. The average Bonchev–Trinajstić information content (AvgIpc) is 2.58. The third-order valence-corrected chi connectivity index (χ3v) is 3.59. The molecule has 1 amide bonds. The molecule has 0 heterocycles. The van der Waals surface area contributed by atoms with E-state index >= 15 is 0 Å². The van der Waals surface area contributed by atoms with E-state index in [1.165, 1.54) is 16.7 Å².